The second-order valence-electron chi connectivity index (χ2n) is 5.89. The second kappa shape index (κ2) is 4.85. The summed E-state index contributed by atoms with van der Waals surface area (Å²) in [6.07, 6.45) is 0.742. The van der Waals surface area contributed by atoms with Crippen LogP contribution in [0.3, 0.4) is 0 Å². The molecule has 1 atom stereocenters. The van der Waals surface area contributed by atoms with Crippen LogP contribution in [0.25, 0.3) is 0 Å². The van der Waals surface area contributed by atoms with Crippen LogP contribution in [0.15, 0.2) is 30.3 Å². The molecule has 2 rings (SSSR count). The van der Waals surface area contributed by atoms with Crippen molar-refractivity contribution in [3.63, 3.8) is 0 Å². The molecule has 1 aromatic rings. The lowest BCUT2D eigenvalue weighted by atomic mass is 9.80. The third-order valence-electron chi connectivity index (χ3n) is 3.46. The maximum Gasteiger partial charge on any atom is 0.410 e. The van der Waals surface area contributed by atoms with Crippen LogP contribution in [-0.2, 0) is 10.3 Å². The van der Waals surface area contributed by atoms with Gasteiger partial charge in [0.25, 0.3) is 0 Å². The molecule has 1 fully saturated rings. The minimum absolute atomic E-state index is 0.334. The Balaban J connectivity index is 2.37. The second-order valence-corrected chi connectivity index (χ2v) is 5.89. The van der Waals surface area contributed by atoms with Crippen LogP contribution < -0.4 is 0 Å². The molecule has 4 nitrogen and oxygen atoms in total. The van der Waals surface area contributed by atoms with Crippen molar-refractivity contribution in [2.75, 3.05) is 13.6 Å². The van der Waals surface area contributed by atoms with Gasteiger partial charge >= 0.3 is 6.09 Å². The summed E-state index contributed by atoms with van der Waals surface area (Å²) in [5, 5.41) is 10.1. The molecular formula is C15H21NO3. The summed E-state index contributed by atoms with van der Waals surface area (Å²) in [5.41, 5.74) is -0.687. The van der Waals surface area contributed by atoms with Crippen LogP contribution in [0.4, 0.5) is 4.79 Å². The van der Waals surface area contributed by atoms with E-state index in [1.807, 2.05) is 30.3 Å². The number of rotatable bonds is 3. The molecular weight excluding hydrogens is 242 g/mol. The summed E-state index contributed by atoms with van der Waals surface area (Å²) >= 11 is 0. The number of amides is 1. The summed E-state index contributed by atoms with van der Waals surface area (Å²) in [6, 6.07) is 9.67. The van der Waals surface area contributed by atoms with Crippen molar-refractivity contribution in [3.05, 3.63) is 35.9 Å². The van der Waals surface area contributed by atoms with Crippen LogP contribution in [0.5, 0.6) is 0 Å². The lowest BCUT2D eigenvalue weighted by molar-refractivity contribution is -0.0930. The average molecular weight is 263 g/mol. The van der Waals surface area contributed by atoms with E-state index in [1.54, 1.807) is 25.8 Å². The molecule has 0 spiro atoms. The molecule has 1 heterocycles. The fourth-order valence-corrected chi connectivity index (χ4v) is 2.61. The molecule has 1 aliphatic heterocycles. The molecule has 4 heteroatoms. The number of hydrogen-bond donors (Lipinski definition) is 1. The first-order chi connectivity index (χ1) is 8.82. The first-order valence-electron chi connectivity index (χ1n) is 6.54. The van der Waals surface area contributed by atoms with Gasteiger partial charge in [-0.2, -0.15) is 0 Å². The lowest BCUT2D eigenvalue weighted by Crippen LogP contribution is -2.49. The van der Waals surface area contributed by atoms with Crippen molar-refractivity contribution in [2.24, 2.45) is 0 Å². The number of nitrogens with zero attached hydrogens (tertiary/aromatic N) is 1. The van der Waals surface area contributed by atoms with Crippen molar-refractivity contribution in [2.45, 2.75) is 37.9 Å². The fraction of sp³-hybridized carbons (Fsp3) is 0.533. The Morgan fingerprint density at radius 1 is 1.37 bits per heavy atom. The van der Waals surface area contributed by atoms with Crippen molar-refractivity contribution >= 4 is 6.09 Å². The molecule has 104 valence electrons. The molecule has 0 aromatic heterocycles. The molecule has 1 aliphatic rings. The quantitative estimate of drug-likeness (QED) is 0.911. The maximum atomic E-state index is 11.9. The van der Waals surface area contributed by atoms with Crippen molar-refractivity contribution in [3.8, 4) is 0 Å². The van der Waals surface area contributed by atoms with Gasteiger partial charge in [0.15, 0.2) is 0 Å². The number of benzene rings is 1. The summed E-state index contributed by atoms with van der Waals surface area (Å²) in [4.78, 5) is 13.5. The molecule has 1 saturated heterocycles. The highest BCUT2D eigenvalue weighted by atomic mass is 16.6. The first-order valence-corrected chi connectivity index (χ1v) is 6.54. The summed E-state index contributed by atoms with van der Waals surface area (Å²) in [5.74, 6) is 0. The van der Waals surface area contributed by atoms with Gasteiger partial charge in [-0.05, 0) is 19.4 Å². The smallest absolute Gasteiger partial charge is 0.410 e. The third-order valence-corrected chi connectivity index (χ3v) is 3.46. The highest BCUT2D eigenvalue weighted by Crippen LogP contribution is 2.40. The van der Waals surface area contributed by atoms with Crippen LogP contribution >= 0.6 is 0 Å². The van der Waals surface area contributed by atoms with E-state index in [1.165, 1.54) is 0 Å². The van der Waals surface area contributed by atoms with Gasteiger partial charge in [-0.25, -0.2) is 4.79 Å². The topological polar surface area (TPSA) is 49.8 Å². The standard InChI is InChI=1S/C15H21NO3/c1-14(2,18)11-15(12-7-5-4-6-8-12)9-10-16(3)13(17)19-15/h4-8,18H,9-11H2,1-3H3. The first kappa shape index (κ1) is 13.9. The lowest BCUT2D eigenvalue weighted by Gasteiger charge is -2.43. The predicted octanol–water partition coefficient (Wildman–Crippen LogP) is 2.52. The average Bonchev–Trinajstić information content (AvgIpc) is 2.33. The third kappa shape index (κ3) is 3.07. The highest BCUT2D eigenvalue weighted by molar-refractivity contribution is 5.69. The SMILES string of the molecule is CN1CCC(CC(C)(C)O)(c2ccccc2)OC1=O. The normalized spacial score (nSPS) is 24.2. The molecule has 0 bridgehead atoms. The van der Waals surface area contributed by atoms with Crippen molar-refractivity contribution in [1.29, 1.82) is 0 Å². The van der Waals surface area contributed by atoms with E-state index in [4.69, 9.17) is 4.74 Å². The van der Waals surface area contributed by atoms with E-state index >= 15 is 0 Å². The maximum absolute atomic E-state index is 11.9. The summed E-state index contributed by atoms with van der Waals surface area (Å²) in [7, 11) is 1.72. The van der Waals surface area contributed by atoms with E-state index in [9.17, 15) is 9.90 Å². The number of carbonyl (C=O) groups is 1. The minimum Gasteiger partial charge on any atom is -0.438 e. The molecule has 1 unspecified atom stereocenters. The molecule has 0 radical (unpaired) electrons. The Bertz CT molecular complexity index is 452. The molecule has 1 amide bonds. The van der Waals surface area contributed by atoms with Crippen LogP contribution in [0.2, 0.25) is 0 Å². The summed E-state index contributed by atoms with van der Waals surface area (Å²) < 4.78 is 5.68. The zero-order valence-corrected chi connectivity index (χ0v) is 11.7. The Labute approximate surface area is 114 Å². The minimum atomic E-state index is -0.897. The highest BCUT2D eigenvalue weighted by Gasteiger charge is 2.44. The number of cyclic esters (lactones) is 1. The van der Waals surface area contributed by atoms with Gasteiger partial charge in [0.2, 0.25) is 0 Å². The Morgan fingerprint density at radius 2 is 2.00 bits per heavy atom. The van der Waals surface area contributed by atoms with Gasteiger partial charge < -0.3 is 14.7 Å². The van der Waals surface area contributed by atoms with Crippen LogP contribution in [0, 0.1) is 0 Å². The van der Waals surface area contributed by atoms with E-state index in [0.29, 0.717) is 19.4 Å². The molecule has 0 saturated carbocycles. The largest absolute Gasteiger partial charge is 0.438 e. The fourth-order valence-electron chi connectivity index (χ4n) is 2.61. The van der Waals surface area contributed by atoms with Gasteiger partial charge in [-0.15, -0.1) is 0 Å². The van der Waals surface area contributed by atoms with Crippen LogP contribution in [-0.4, -0.2) is 35.3 Å². The van der Waals surface area contributed by atoms with Gasteiger partial charge in [0, 0.05) is 26.4 Å². The van der Waals surface area contributed by atoms with Gasteiger partial charge in [-0.3, -0.25) is 0 Å². The van der Waals surface area contributed by atoms with Crippen molar-refractivity contribution in [1.82, 2.24) is 4.90 Å². The van der Waals surface area contributed by atoms with Crippen molar-refractivity contribution < 1.29 is 14.6 Å². The Kier molecular flexibility index (Phi) is 3.54. The van der Waals surface area contributed by atoms with E-state index < -0.39 is 11.2 Å². The number of aliphatic hydroxyl groups is 1. The molecule has 1 N–H and O–H groups in total. The Morgan fingerprint density at radius 3 is 2.53 bits per heavy atom. The van der Waals surface area contributed by atoms with Gasteiger partial charge in [0.1, 0.15) is 5.60 Å². The zero-order chi connectivity index (χ0) is 14.1. The predicted molar refractivity (Wildman–Crippen MR) is 72.8 cm³/mol. The number of carbonyl (C=O) groups excluding carboxylic acids is 1. The number of hydrogen-bond acceptors (Lipinski definition) is 3. The van der Waals surface area contributed by atoms with Crippen LogP contribution in [0.1, 0.15) is 32.3 Å². The zero-order valence-electron chi connectivity index (χ0n) is 11.7. The summed E-state index contributed by atoms with van der Waals surface area (Å²) in [6.45, 7) is 4.11. The molecule has 0 aliphatic carbocycles. The van der Waals surface area contributed by atoms with E-state index in [2.05, 4.69) is 0 Å². The van der Waals surface area contributed by atoms with Gasteiger partial charge in [0.05, 0.1) is 5.60 Å². The monoisotopic (exact) mass is 263 g/mol. The number of ether oxygens (including phenoxy) is 1. The van der Waals surface area contributed by atoms with E-state index in [-0.39, 0.29) is 6.09 Å². The van der Waals surface area contributed by atoms with Gasteiger partial charge in [-0.1, -0.05) is 30.3 Å². The molecule has 19 heavy (non-hydrogen) atoms. The Hall–Kier alpha value is -1.55. The van der Waals surface area contributed by atoms with E-state index in [0.717, 1.165) is 5.56 Å². The molecule has 1 aromatic carbocycles.